The Morgan fingerprint density at radius 2 is 2.23 bits per heavy atom. The van der Waals surface area contributed by atoms with Crippen LogP contribution in [0.1, 0.15) is 18.4 Å². The van der Waals surface area contributed by atoms with Crippen LogP contribution in [0.2, 0.25) is 0 Å². The molecule has 1 aromatic rings. The maximum atomic E-state index is 12.7. The first-order valence-electron chi connectivity index (χ1n) is 4.11. The average molecular weight is 201 g/mol. The average Bonchev–Trinajstić information content (AvgIpc) is 2.03. The van der Waals surface area contributed by atoms with Gasteiger partial charge in [0.05, 0.1) is 0 Å². The molecule has 0 aliphatic heterocycles. The molecule has 0 saturated carbocycles. The van der Waals surface area contributed by atoms with E-state index in [9.17, 15) is 9.18 Å². The molecule has 0 spiro atoms. The van der Waals surface area contributed by atoms with E-state index in [0.717, 1.165) is 5.56 Å². The summed E-state index contributed by atoms with van der Waals surface area (Å²) in [6, 6.07) is 6.36. The molecular weight excluding hydrogens is 191 g/mol. The monoisotopic (exact) mass is 200 g/mol. The van der Waals surface area contributed by atoms with Crippen LogP contribution in [0.5, 0.6) is 0 Å². The Hall–Kier alpha value is -0.890. The molecule has 0 atom stereocenters. The lowest BCUT2D eigenvalue weighted by Gasteiger charge is -1.98. The van der Waals surface area contributed by atoms with Gasteiger partial charge in [0.2, 0.25) is 5.24 Å². The summed E-state index contributed by atoms with van der Waals surface area (Å²) in [5.41, 5.74) is 0.901. The lowest BCUT2D eigenvalue weighted by atomic mass is 10.1. The molecule has 70 valence electrons. The van der Waals surface area contributed by atoms with Crippen molar-refractivity contribution in [1.29, 1.82) is 0 Å². The highest BCUT2D eigenvalue weighted by Crippen LogP contribution is 2.08. The van der Waals surface area contributed by atoms with Crippen molar-refractivity contribution in [3.8, 4) is 0 Å². The predicted octanol–water partition coefficient (Wildman–Crippen LogP) is 2.91. The van der Waals surface area contributed by atoms with Crippen LogP contribution in [0.4, 0.5) is 4.39 Å². The van der Waals surface area contributed by atoms with E-state index in [4.69, 9.17) is 11.6 Å². The largest absolute Gasteiger partial charge is 0.281 e. The fraction of sp³-hybridized carbons (Fsp3) is 0.300. The van der Waals surface area contributed by atoms with Gasteiger partial charge in [0.25, 0.3) is 0 Å². The second-order valence-corrected chi connectivity index (χ2v) is 3.26. The van der Waals surface area contributed by atoms with Gasteiger partial charge in [-0.3, -0.25) is 4.79 Å². The van der Waals surface area contributed by atoms with Crippen molar-refractivity contribution in [2.45, 2.75) is 19.3 Å². The van der Waals surface area contributed by atoms with E-state index >= 15 is 0 Å². The number of rotatable bonds is 4. The Labute approximate surface area is 81.5 Å². The van der Waals surface area contributed by atoms with Gasteiger partial charge in [-0.05, 0) is 42.1 Å². The summed E-state index contributed by atoms with van der Waals surface area (Å²) in [7, 11) is 0. The van der Waals surface area contributed by atoms with Gasteiger partial charge in [-0.2, -0.15) is 0 Å². The highest BCUT2D eigenvalue weighted by Gasteiger charge is 1.98. The van der Waals surface area contributed by atoms with Crippen LogP contribution in [0, 0.1) is 5.82 Å². The van der Waals surface area contributed by atoms with Crippen molar-refractivity contribution >= 4 is 16.8 Å². The van der Waals surface area contributed by atoms with Crippen LogP contribution in [0.25, 0.3) is 0 Å². The lowest BCUT2D eigenvalue weighted by Crippen LogP contribution is -1.90. The molecule has 0 N–H and O–H groups in total. The third kappa shape index (κ3) is 4.04. The van der Waals surface area contributed by atoms with Gasteiger partial charge < -0.3 is 0 Å². The third-order valence-corrected chi connectivity index (χ3v) is 1.92. The molecule has 0 aliphatic rings. The van der Waals surface area contributed by atoms with Gasteiger partial charge in [-0.15, -0.1) is 0 Å². The minimum absolute atomic E-state index is 0.241. The van der Waals surface area contributed by atoms with E-state index in [1.165, 1.54) is 12.1 Å². The van der Waals surface area contributed by atoms with Crippen LogP contribution >= 0.6 is 11.6 Å². The molecule has 0 aliphatic carbocycles. The topological polar surface area (TPSA) is 17.1 Å². The summed E-state index contributed by atoms with van der Waals surface area (Å²) >= 11 is 5.16. The molecule has 3 heteroatoms. The second-order valence-electron chi connectivity index (χ2n) is 2.84. The summed E-state index contributed by atoms with van der Waals surface area (Å²) in [5, 5.41) is -0.337. The minimum Gasteiger partial charge on any atom is -0.281 e. The molecular formula is C10H10ClFO. The SMILES string of the molecule is O=C(Cl)CCCc1cccc(F)c1. The van der Waals surface area contributed by atoms with Gasteiger partial charge in [0, 0.05) is 6.42 Å². The Morgan fingerprint density at radius 3 is 2.85 bits per heavy atom. The Kier molecular flexibility index (Phi) is 3.90. The van der Waals surface area contributed by atoms with Gasteiger partial charge in [0.1, 0.15) is 5.82 Å². The van der Waals surface area contributed by atoms with Crippen LogP contribution in [-0.4, -0.2) is 5.24 Å². The zero-order chi connectivity index (χ0) is 9.68. The minimum atomic E-state index is -0.337. The fourth-order valence-corrected chi connectivity index (χ4v) is 1.26. The van der Waals surface area contributed by atoms with E-state index in [1.807, 2.05) is 6.07 Å². The van der Waals surface area contributed by atoms with Crippen molar-refractivity contribution in [3.05, 3.63) is 35.6 Å². The highest BCUT2D eigenvalue weighted by molar-refractivity contribution is 6.63. The van der Waals surface area contributed by atoms with Gasteiger partial charge in [-0.25, -0.2) is 4.39 Å². The highest BCUT2D eigenvalue weighted by atomic mass is 35.5. The van der Waals surface area contributed by atoms with Crippen molar-refractivity contribution in [2.75, 3.05) is 0 Å². The van der Waals surface area contributed by atoms with E-state index in [0.29, 0.717) is 19.3 Å². The van der Waals surface area contributed by atoms with E-state index in [-0.39, 0.29) is 11.1 Å². The van der Waals surface area contributed by atoms with E-state index in [2.05, 4.69) is 0 Å². The number of hydrogen-bond acceptors (Lipinski definition) is 1. The molecule has 0 amide bonds. The van der Waals surface area contributed by atoms with Crippen molar-refractivity contribution in [3.63, 3.8) is 0 Å². The Bertz CT molecular complexity index is 299. The van der Waals surface area contributed by atoms with Crippen LogP contribution in [0.3, 0.4) is 0 Å². The zero-order valence-electron chi connectivity index (χ0n) is 7.09. The number of carbonyl (C=O) groups is 1. The van der Waals surface area contributed by atoms with E-state index < -0.39 is 0 Å². The predicted molar refractivity (Wildman–Crippen MR) is 50.2 cm³/mol. The van der Waals surface area contributed by atoms with Gasteiger partial charge >= 0.3 is 0 Å². The molecule has 0 heterocycles. The maximum Gasteiger partial charge on any atom is 0.221 e. The fourth-order valence-electron chi connectivity index (χ4n) is 1.12. The van der Waals surface area contributed by atoms with Crippen LogP contribution in [0.15, 0.2) is 24.3 Å². The quantitative estimate of drug-likeness (QED) is 0.683. The molecule has 1 aromatic carbocycles. The molecule has 0 aromatic heterocycles. The zero-order valence-corrected chi connectivity index (χ0v) is 7.85. The first-order valence-corrected chi connectivity index (χ1v) is 4.49. The van der Waals surface area contributed by atoms with Crippen LogP contribution in [-0.2, 0) is 11.2 Å². The molecule has 0 bridgehead atoms. The maximum absolute atomic E-state index is 12.7. The lowest BCUT2D eigenvalue weighted by molar-refractivity contribution is -0.111. The standard InChI is InChI=1S/C10H10ClFO/c11-10(13)6-2-4-8-3-1-5-9(12)7-8/h1,3,5,7H,2,4,6H2. The third-order valence-electron chi connectivity index (χ3n) is 1.73. The van der Waals surface area contributed by atoms with Crippen molar-refractivity contribution < 1.29 is 9.18 Å². The summed E-state index contributed by atoms with van der Waals surface area (Å²) in [6.45, 7) is 0. The molecule has 0 saturated heterocycles. The first kappa shape index (κ1) is 10.2. The van der Waals surface area contributed by atoms with Gasteiger partial charge in [-0.1, -0.05) is 12.1 Å². The summed E-state index contributed by atoms with van der Waals surface area (Å²) < 4.78 is 12.7. The normalized spacial score (nSPS) is 10.0. The molecule has 0 unspecified atom stereocenters. The van der Waals surface area contributed by atoms with Gasteiger partial charge in [0.15, 0.2) is 0 Å². The Morgan fingerprint density at radius 1 is 1.46 bits per heavy atom. The van der Waals surface area contributed by atoms with Crippen molar-refractivity contribution in [2.24, 2.45) is 0 Å². The van der Waals surface area contributed by atoms with Crippen molar-refractivity contribution in [1.82, 2.24) is 0 Å². The molecule has 1 rings (SSSR count). The van der Waals surface area contributed by atoms with Crippen LogP contribution < -0.4 is 0 Å². The summed E-state index contributed by atoms with van der Waals surface area (Å²) in [5.74, 6) is -0.241. The molecule has 1 nitrogen and oxygen atoms in total. The summed E-state index contributed by atoms with van der Waals surface area (Å²) in [6.07, 6.45) is 1.71. The summed E-state index contributed by atoms with van der Waals surface area (Å²) in [4.78, 5) is 10.4. The number of halogens is 2. The smallest absolute Gasteiger partial charge is 0.221 e. The second kappa shape index (κ2) is 4.97. The molecule has 13 heavy (non-hydrogen) atoms. The Balaban J connectivity index is 2.41. The first-order chi connectivity index (χ1) is 6.18. The van der Waals surface area contributed by atoms with E-state index in [1.54, 1.807) is 6.07 Å². The number of aryl methyl sites for hydroxylation is 1. The number of benzene rings is 1. The number of hydrogen-bond donors (Lipinski definition) is 0. The molecule has 0 fully saturated rings. The number of carbonyl (C=O) groups excluding carboxylic acids is 1. The molecule has 0 radical (unpaired) electrons.